The Morgan fingerprint density at radius 2 is 1.89 bits per heavy atom. The Hall–Kier alpha value is -2.30. The Balaban J connectivity index is 2.08. The average Bonchev–Trinajstić information content (AvgIpc) is 2.80. The largest absolute Gasteiger partial charge is 0.480 e. The Morgan fingerprint density at radius 1 is 1.32 bits per heavy atom. The van der Waals surface area contributed by atoms with Gasteiger partial charge in [0.2, 0.25) is 0 Å². The van der Waals surface area contributed by atoms with Gasteiger partial charge in [-0.15, -0.1) is 6.58 Å². The third-order valence-electron chi connectivity index (χ3n) is 3.06. The van der Waals surface area contributed by atoms with Gasteiger partial charge in [0.05, 0.1) is 0 Å². The van der Waals surface area contributed by atoms with Gasteiger partial charge in [-0.1, -0.05) is 30.3 Å². The van der Waals surface area contributed by atoms with Crippen LogP contribution in [0.2, 0.25) is 0 Å². The number of carboxylic acid groups (broad SMARTS) is 1. The fourth-order valence-electron chi connectivity index (χ4n) is 2.20. The number of carboxylic acids is 1. The number of carbonyl (C=O) groups excluding carboxylic acids is 1. The van der Waals surface area contributed by atoms with E-state index in [9.17, 15) is 9.59 Å². The minimum absolute atomic E-state index is 0.234. The Kier molecular flexibility index (Phi) is 3.85. The second-order valence-electron chi connectivity index (χ2n) is 4.47. The SMILES string of the molecule is C=CCN(CC(=O)O)C(=O)N1Cc2ccccc2C1. The van der Waals surface area contributed by atoms with E-state index in [1.165, 1.54) is 11.0 Å². The first-order valence-corrected chi connectivity index (χ1v) is 6.05. The van der Waals surface area contributed by atoms with Gasteiger partial charge in [-0.3, -0.25) is 4.79 Å². The highest BCUT2D eigenvalue weighted by atomic mass is 16.4. The molecule has 1 N–H and O–H groups in total. The summed E-state index contributed by atoms with van der Waals surface area (Å²) in [5.41, 5.74) is 2.23. The van der Waals surface area contributed by atoms with E-state index in [-0.39, 0.29) is 19.1 Å². The highest BCUT2D eigenvalue weighted by Gasteiger charge is 2.27. The third kappa shape index (κ3) is 2.93. The number of hydrogen-bond acceptors (Lipinski definition) is 2. The number of urea groups is 1. The van der Waals surface area contributed by atoms with Crippen LogP contribution in [0.5, 0.6) is 0 Å². The first-order valence-electron chi connectivity index (χ1n) is 6.05. The molecule has 2 rings (SSSR count). The van der Waals surface area contributed by atoms with Gasteiger partial charge >= 0.3 is 12.0 Å². The number of amides is 2. The maximum Gasteiger partial charge on any atom is 0.323 e. The van der Waals surface area contributed by atoms with Crippen molar-refractivity contribution in [3.05, 3.63) is 48.0 Å². The van der Waals surface area contributed by atoms with Crippen LogP contribution in [-0.2, 0) is 17.9 Å². The number of rotatable bonds is 4. The topological polar surface area (TPSA) is 60.9 Å². The Morgan fingerprint density at radius 3 is 2.37 bits per heavy atom. The lowest BCUT2D eigenvalue weighted by molar-refractivity contribution is -0.137. The molecule has 0 unspecified atom stereocenters. The fraction of sp³-hybridized carbons (Fsp3) is 0.286. The smallest absolute Gasteiger partial charge is 0.323 e. The molecule has 5 nitrogen and oxygen atoms in total. The van der Waals surface area contributed by atoms with E-state index in [0.29, 0.717) is 13.1 Å². The van der Waals surface area contributed by atoms with E-state index < -0.39 is 5.97 Å². The van der Waals surface area contributed by atoms with Crippen LogP contribution in [0.4, 0.5) is 4.79 Å². The third-order valence-corrected chi connectivity index (χ3v) is 3.06. The van der Waals surface area contributed by atoms with Crippen molar-refractivity contribution in [1.29, 1.82) is 0 Å². The molecule has 5 heteroatoms. The zero-order valence-corrected chi connectivity index (χ0v) is 10.6. The lowest BCUT2D eigenvalue weighted by Crippen LogP contribution is -2.43. The molecule has 1 heterocycles. The molecule has 0 saturated heterocycles. The highest BCUT2D eigenvalue weighted by molar-refractivity contribution is 5.80. The van der Waals surface area contributed by atoms with Crippen molar-refractivity contribution < 1.29 is 14.7 Å². The molecular weight excluding hydrogens is 244 g/mol. The molecule has 0 atom stereocenters. The molecule has 0 saturated carbocycles. The van der Waals surface area contributed by atoms with Crippen molar-refractivity contribution in [2.45, 2.75) is 13.1 Å². The van der Waals surface area contributed by atoms with E-state index in [4.69, 9.17) is 5.11 Å². The number of hydrogen-bond donors (Lipinski definition) is 1. The molecule has 0 radical (unpaired) electrons. The molecule has 1 aliphatic rings. The zero-order chi connectivity index (χ0) is 13.8. The summed E-state index contributed by atoms with van der Waals surface area (Å²) < 4.78 is 0. The lowest BCUT2D eigenvalue weighted by atomic mass is 10.1. The van der Waals surface area contributed by atoms with Gasteiger partial charge in [0, 0.05) is 19.6 Å². The molecule has 0 spiro atoms. The Labute approximate surface area is 111 Å². The minimum Gasteiger partial charge on any atom is -0.480 e. The van der Waals surface area contributed by atoms with Gasteiger partial charge in [-0.2, -0.15) is 0 Å². The van der Waals surface area contributed by atoms with E-state index >= 15 is 0 Å². The highest BCUT2D eigenvalue weighted by Crippen LogP contribution is 2.23. The van der Waals surface area contributed by atoms with Crippen LogP contribution < -0.4 is 0 Å². The zero-order valence-electron chi connectivity index (χ0n) is 10.6. The monoisotopic (exact) mass is 260 g/mol. The van der Waals surface area contributed by atoms with Crippen LogP contribution in [0.1, 0.15) is 11.1 Å². The number of nitrogens with zero attached hydrogens (tertiary/aromatic N) is 2. The van der Waals surface area contributed by atoms with E-state index in [0.717, 1.165) is 11.1 Å². The van der Waals surface area contributed by atoms with Gasteiger partial charge in [-0.25, -0.2) is 4.79 Å². The van der Waals surface area contributed by atoms with E-state index in [1.807, 2.05) is 24.3 Å². The molecule has 0 aromatic heterocycles. The summed E-state index contributed by atoms with van der Waals surface area (Å²) >= 11 is 0. The second kappa shape index (κ2) is 5.56. The number of aliphatic carboxylic acids is 1. The average molecular weight is 260 g/mol. The molecule has 1 aliphatic heterocycles. The lowest BCUT2D eigenvalue weighted by Gasteiger charge is -2.25. The van der Waals surface area contributed by atoms with E-state index in [2.05, 4.69) is 6.58 Å². The summed E-state index contributed by atoms with van der Waals surface area (Å²) in [5.74, 6) is -1.02. The van der Waals surface area contributed by atoms with Crippen LogP contribution in [0.3, 0.4) is 0 Å². The van der Waals surface area contributed by atoms with Crippen LogP contribution in [-0.4, -0.2) is 40.0 Å². The molecule has 19 heavy (non-hydrogen) atoms. The van der Waals surface area contributed by atoms with Gasteiger partial charge in [0.1, 0.15) is 6.54 Å². The molecule has 1 aromatic rings. The number of benzene rings is 1. The van der Waals surface area contributed by atoms with Gasteiger partial charge in [0.15, 0.2) is 0 Å². The van der Waals surface area contributed by atoms with Crippen LogP contribution in [0.25, 0.3) is 0 Å². The van der Waals surface area contributed by atoms with Crippen molar-refractivity contribution in [3.8, 4) is 0 Å². The molecule has 1 aromatic carbocycles. The van der Waals surface area contributed by atoms with Crippen molar-refractivity contribution >= 4 is 12.0 Å². The maximum absolute atomic E-state index is 12.3. The quantitative estimate of drug-likeness (QED) is 0.838. The summed E-state index contributed by atoms with van der Waals surface area (Å²) in [4.78, 5) is 26.0. The van der Waals surface area contributed by atoms with E-state index in [1.54, 1.807) is 4.90 Å². The normalized spacial score (nSPS) is 12.9. The van der Waals surface area contributed by atoms with Crippen LogP contribution in [0.15, 0.2) is 36.9 Å². The first kappa shape index (κ1) is 13.1. The van der Waals surface area contributed by atoms with Gasteiger partial charge < -0.3 is 14.9 Å². The summed E-state index contributed by atoms with van der Waals surface area (Å²) in [6, 6.07) is 7.57. The van der Waals surface area contributed by atoms with Gasteiger partial charge in [0.25, 0.3) is 0 Å². The van der Waals surface area contributed by atoms with Crippen molar-refractivity contribution in [2.24, 2.45) is 0 Å². The van der Waals surface area contributed by atoms with Crippen LogP contribution in [0, 0.1) is 0 Å². The van der Waals surface area contributed by atoms with Crippen LogP contribution >= 0.6 is 0 Å². The summed E-state index contributed by atoms with van der Waals surface area (Å²) in [6.07, 6.45) is 1.53. The molecule has 2 amide bonds. The summed E-state index contributed by atoms with van der Waals surface area (Å²) in [7, 11) is 0. The standard InChI is InChI=1S/C14H16N2O3/c1-2-7-15(10-13(17)18)14(19)16-8-11-5-3-4-6-12(11)9-16/h2-6H,1,7-10H2,(H,17,18). The molecule has 100 valence electrons. The summed E-state index contributed by atoms with van der Waals surface area (Å²) in [5, 5.41) is 8.83. The molecular formula is C14H16N2O3. The van der Waals surface area contributed by atoms with Crippen molar-refractivity contribution in [2.75, 3.05) is 13.1 Å². The summed E-state index contributed by atoms with van der Waals surface area (Å²) in [6.45, 7) is 4.54. The Bertz CT molecular complexity index is 488. The van der Waals surface area contributed by atoms with Crippen molar-refractivity contribution in [3.63, 3.8) is 0 Å². The second-order valence-corrected chi connectivity index (χ2v) is 4.47. The van der Waals surface area contributed by atoms with Crippen molar-refractivity contribution in [1.82, 2.24) is 9.80 Å². The molecule has 0 fully saturated rings. The molecule has 0 aliphatic carbocycles. The fourth-order valence-corrected chi connectivity index (χ4v) is 2.20. The predicted molar refractivity (Wildman–Crippen MR) is 70.5 cm³/mol. The van der Waals surface area contributed by atoms with Gasteiger partial charge in [-0.05, 0) is 11.1 Å². The predicted octanol–water partition coefficient (Wildman–Crippen LogP) is 1.69. The molecule has 0 bridgehead atoms. The number of fused-ring (bicyclic) bond motifs is 1. The maximum atomic E-state index is 12.3. The number of carbonyl (C=O) groups is 2. The minimum atomic E-state index is -1.02. The first-order chi connectivity index (χ1) is 9.11.